The summed E-state index contributed by atoms with van der Waals surface area (Å²) >= 11 is -1.09. The fourth-order valence-electron chi connectivity index (χ4n) is 5.31. The normalized spacial score (nSPS) is 14.7. The third kappa shape index (κ3) is 4.75. The molecule has 0 fully saturated rings. The Kier molecular flexibility index (Phi) is 8.23. The topological polar surface area (TPSA) is 0 Å². The second kappa shape index (κ2) is 11.2. The van der Waals surface area contributed by atoms with Crippen molar-refractivity contribution in [3.63, 3.8) is 0 Å². The third-order valence-corrected chi connectivity index (χ3v) is 11.1. The molecule has 3 heteroatoms. The number of fused-ring (bicyclic) bond motifs is 3. The van der Waals surface area contributed by atoms with E-state index in [2.05, 4.69) is 122 Å². The molecule has 0 aromatic heterocycles. The van der Waals surface area contributed by atoms with Crippen LogP contribution in [0, 0.1) is 6.92 Å². The van der Waals surface area contributed by atoms with Gasteiger partial charge in [0.05, 0.1) is 0 Å². The van der Waals surface area contributed by atoms with Crippen molar-refractivity contribution in [2.45, 2.75) is 17.0 Å². The van der Waals surface area contributed by atoms with Gasteiger partial charge in [0.2, 0.25) is 0 Å². The molecule has 171 valence electrons. The zero-order valence-electron chi connectivity index (χ0n) is 19.5. The van der Waals surface area contributed by atoms with Gasteiger partial charge in [-0.3, -0.25) is 0 Å². The Labute approximate surface area is 231 Å². The van der Waals surface area contributed by atoms with Crippen molar-refractivity contribution >= 4 is 8.78 Å². The molecule has 1 unspecified atom stereocenters. The first-order valence-electron chi connectivity index (χ1n) is 11.6. The summed E-state index contributed by atoms with van der Waals surface area (Å²) in [5, 5.41) is 0. The van der Waals surface area contributed by atoms with E-state index in [4.69, 9.17) is 0 Å². The van der Waals surface area contributed by atoms with E-state index < -0.39 is 22.8 Å². The van der Waals surface area contributed by atoms with E-state index in [1.54, 1.807) is 8.77 Å². The van der Waals surface area contributed by atoms with Crippen molar-refractivity contribution < 1.29 is 47.6 Å². The molecule has 0 heterocycles. The first-order chi connectivity index (χ1) is 16.3. The fourth-order valence-corrected chi connectivity index (χ4v) is 9.75. The van der Waals surface area contributed by atoms with Crippen molar-refractivity contribution in [3.8, 4) is 11.1 Å². The molecule has 0 bridgehead atoms. The van der Waals surface area contributed by atoms with Gasteiger partial charge in [0.1, 0.15) is 0 Å². The average molecular weight is 572 g/mol. The minimum atomic E-state index is -1.09. The van der Waals surface area contributed by atoms with Crippen molar-refractivity contribution in [2.24, 2.45) is 0 Å². The van der Waals surface area contributed by atoms with Gasteiger partial charge in [-0.05, 0) is 0 Å². The van der Waals surface area contributed by atoms with Crippen molar-refractivity contribution in [2.75, 3.05) is 0 Å². The Morgan fingerprint density at radius 1 is 0.714 bits per heavy atom. The molecular weight excluding hydrogens is 546 g/mol. The van der Waals surface area contributed by atoms with Crippen LogP contribution >= 0.6 is 0 Å². The standard InChI is InChI=1S/C19H15.C13H10.2ClH.Zr/c1-13-10-11-17-16-9-5-4-8-15(16)12-18(17)19(13)14-6-2-3-7-14;1-3-7-12(8-4-1)11-13-9-5-2-6-10-13;;;/h2-6,8-12H,7H2,1H3;1-10H;2*1H;/q;;;;+2/p-2. The van der Waals surface area contributed by atoms with E-state index in [9.17, 15) is 0 Å². The predicted molar refractivity (Wildman–Crippen MR) is 136 cm³/mol. The van der Waals surface area contributed by atoms with E-state index in [1.807, 2.05) is 0 Å². The molecule has 2 aliphatic carbocycles. The van der Waals surface area contributed by atoms with Gasteiger partial charge in [-0.1, -0.05) is 0 Å². The fraction of sp³-hybridized carbons (Fsp3) is 0.0938. The minimum absolute atomic E-state index is 0. The van der Waals surface area contributed by atoms with Crippen molar-refractivity contribution in [1.82, 2.24) is 0 Å². The largest absolute Gasteiger partial charge is 1.00 e. The Bertz CT molecular complexity index is 1390. The number of hydrogen-bond donors (Lipinski definition) is 0. The van der Waals surface area contributed by atoms with Crippen molar-refractivity contribution in [1.29, 1.82) is 0 Å². The first-order valence-corrected chi connectivity index (χ1v) is 14.3. The van der Waals surface area contributed by atoms with Gasteiger partial charge in [-0.2, -0.15) is 0 Å². The Morgan fingerprint density at radius 3 is 1.97 bits per heavy atom. The second-order valence-corrected chi connectivity index (χ2v) is 12.2. The van der Waals surface area contributed by atoms with Crippen LogP contribution in [0.25, 0.3) is 16.7 Å². The molecule has 1 atom stereocenters. The van der Waals surface area contributed by atoms with Gasteiger partial charge < -0.3 is 24.8 Å². The molecule has 0 aliphatic heterocycles. The van der Waals surface area contributed by atoms with Gasteiger partial charge in [0, 0.05) is 0 Å². The van der Waals surface area contributed by atoms with Crippen LogP contribution < -0.4 is 24.8 Å². The van der Waals surface area contributed by atoms with Crippen LogP contribution in [0.3, 0.4) is 0 Å². The number of halogens is 2. The summed E-state index contributed by atoms with van der Waals surface area (Å²) in [7, 11) is 0. The second-order valence-electron chi connectivity index (χ2n) is 8.81. The first kappa shape index (κ1) is 25.8. The summed E-state index contributed by atoms with van der Waals surface area (Å²) in [6, 6.07) is 36.0. The molecule has 0 nitrogen and oxygen atoms in total. The molecular formula is C32H25Cl2Zr. The molecule has 0 radical (unpaired) electrons. The predicted octanol–water partition coefficient (Wildman–Crippen LogP) is 1.77. The smallest absolute Gasteiger partial charge is 1.00 e. The van der Waals surface area contributed by atoms with Crippen LogP contribution in [0.1, 0.15) is 43.4 Å². The number of aryl methyl sites for hydroxylation is 1. The quantitative estimate of drug-likeness (QED) is 0.351. The molecule has 4 aromatic rings. The van der Waals surface area contributed by atoms with Crippen LogP contribution in [-0.2, 0) is 22.8 Å². The van der Waals surface area contributed by atoms with E-state index in [0.717, 1.165) is 6.42 Å². The van der Waals surface area contributed by atoms with Crippen LogP contribution in [0.4, 0.5) is 0 Å². The number of benzene rings is 4. The van der Waals surface area contributed by atoms with Crippen LogP contribution in [-0.4, -0.2) is 3.21 Å². The van der Waals surface area contributed by atoms with Gasteiger partial charge in [0.25, 0.3) is 0 Å². The zero-order chi connectivity index (χ0) is 22.2. The van der Waals surface area contributed by atoms with Gasteiger partial charge in [-0.15, -0.1) is 0 Å². The molecule has 2 aliphatic rings. The molecule has 35 heavy (non-hydrogen) atoms. The summed E-state index contributed by atoms with van der Waals surface area (Å²) in [6.07, 6.45) is 7.87. The van der Waals surface area contributed by atoms with Gasteiger partial charge >= 0.3 is 208 Å². The number of hydrogen-bond acceptors (Lipinski definition) is 0. The van der Waals surface area contributed by atoms with E-state index in [1.165, 1.54) is 44.5 Å². The Balaban J connectivity index is 0.00000144. The zero-order valence-corrected chi connectivity index (χ0v) is 23.5. The number of allylic oxidation sites excluding steroid dienone is 4. The summed E-state index contributed by atoms with van der Waals surface area (Å²) in [5.74, 6) is 0. The van der Waals surface area contributed by atoms with E-state index in [-0.39, 0.29) is 24.8 Å². The van der Waals surface area contributed by atoms with Crippen LogP contribution in [0.5, 0.6) is 0 Å². The third-order valence-electron chi connectivity index (χ3n) is 6.81. The van der Waals surface area contributed by atoms with E-state index >= 15 is 0 Å². The maximum Gasteiger partial charge on any atom is -1.00 e. The molecule has 0 N–H and O–H groups in total. The van der Waals surface area contributed by atoms with Gasteiger partial charge in [-0.25, -0.2) is 0 Å². The Morgan fingerprint density at radius 2 is 1.34 bits per heavy atom. The summed E-state index contributed by atoms with van der Waals surface area (Å²) in [5.41, 5.74) is 13.2. The Hall–Kier alpha value is -2.31. The summed E-state index contributed by atoms with van der Waals surface area (Å²) < 4.78 is 2.09. The molecule has 4 aromatic carbocycles. The van der Waals surface area contributed by atoms with Crippen LogP contribution in [0.15, 0.2) is 115 Å². The average Bonchev–Trinajstić information content (AvgIpc) is 3.50. The summed E-state index contributed by atoms with van der Waals surface area (Å²) in [6.45, 7) is 2.29. The molecule has 0 saturated heterocycles. The van der Waals surface area contributed by atoms with Crippen molar-refractivity contribution in [3.05, 3.63) is 149 Å². The van der Waals surface area contributed by atoms with Crippen LogP contribution in [0.2, 0.25) is 0 Å². The molecule has 0 spiro atoms. The minimum Gasteiger partial charge on any atom is -1.00 e. The maximum atomic E-state index is 2.38. The summed E-state index contributed by atoms with van der Waals surface area (Å²) in [4.78, 5) is 0. The monoisotopic (exact) mass is 569 g/mol. The maximum absolute atomic E-state index is 2.38. The molecule has 6 rings (SSSR count). The van der Waals surface area contributed by atoms with E-state index in [0.29, 0.717) is 3.63 Å². The SMILES string of the molecule is Cc1ccc2c(c1C1=CC=CC1)[CH]([Zr+2]=[C](c1ccccc1)c1ccccc1)c1ccccc1-2.[Cl-].[Cl-]. The molecule has 0 saturated carbocycles. The number of rotatable bonds is 4. The molecule has 0 amide bonds. The van der Waals surface area contributed by atoms with Gasteiger partial charge in [0.15, 0.2) is 0 Å².